The van der Waals surface area contributed by atoms with Crippen LogP contribution in [0.3, 0.4) is 0 Å². The Bertz CT molecular complexity index is 788. The summed E-state index contributed by atoms with van der Waals surface area (Å²) in [6.07, 6.45) is 3.89. The highest BCUT2D eigenvalue weighted by Gasteiger charge is 2.05. The van der Waals surface area contributed by atoms with E-state index in [1.165, 1.54) is 5.56 Å². The van der Waals surface area contributed by atoms with E-state index in [2.05, 4.69) is 25.4 Å². The van der Waals surface area contributed by atoms with E-state index in [0.717, 1.165) is 18.0 Å². The summed E-state index contributed by atoms with van der Waals surface area (Å²) in [7, 11) is 0. The van der Waals surface area contributed by atoms with Gasteiger partial charge in [-0.15, -0.1) is 0 Å². The van der Waals surface area contributed by atoms with Crippen LogP contribution in [0.15, 0.2) is 42.7 Å². The lowest BCUT2D eigenvalue weighted by molar-refractivity contribution is 0.666. The number of anilines is 3. The normalized spacial score (nSPS) is 10.7. The largest absolute Gasteiger partial charge is 0.368 e. The number of benzene rings is 1. The smallest absolute Gasteiger partial charge is 0.232 e. The third-order valence-corrected chi connectivity index (χ3v) is 4.12. The first-order chi connectivity index (χ1) is 11.7. The van der Waals surface area contributed by atoms with Gasteiger partial charge in [0, 0.05) is 24.2 Å². The minimum Gasteiger partial charge on any atom is -0.368 e. The molecule has 0 saturated heterocycles. The second-order valence-electron chi connectivity index (χ2n) is 5.26. The fourth-order valence-electron chi connectivity index (χ4n) is 2.12. The number of nitrogen functional groups attached to an aromatic ring is 1. The lowest BCUT2D eigenvalue weighted by Gasteiger charge is -2.07. The monoisotopic (exact) mass is 341 g/mol. The Kier molecular flexibility index (Phi) is 5.27. The van der Waals surface area contributed by atoms with Crippen LogP contribution in [0.1, 0.15) is 11.4 Å². The van der Waals surface area contributed by atoms with Crippen LogP contribution >= 0.6 is 11.8 Å². The topological polar surface area (TPSA) is 94.5 Å². The molecule has 3 rings (SSSR count). The molecule has 0 atom stereocenters. The van der Waals surface area contributed by atoms with Crippen LogP contribution in [-0.4, -0.2) is 30.5 Å². The Morgan fingerprint density at radius 1 is 1.17 bits per heavy atom. The van der Waals surface area contributed by atoms with E-state index in [9.17, 15) is 0 Å². The molecule has 24 heavy (non-hydrogen) atoms. The average molecular weight is 341 g/mol. The standard InChI is InChI=1S/C16H19N7S/c1-12-9-18-23(10-12)7-8-24-11-14-20-15(17)22-16(21-14)19-13-5-3-2-4-6-13/h2-6,9-10H,7-8,11H2,1H3,(H3,17,19,20,21,22). The van der Waals surface area contributed by atoms with Gasteiger partial charge in [0.25, 0.3) is 0 Å². The van der Waals surface area contributed by atoms with Gasteiger partial charge in [0.15, 0.2) is 0 Å². The van der Waals surface area contributed by atoms with Crippen molar-refractivity contribution >= 4 is 29.3 Å². The Balaban J connectivity index is 1.55. The molecule has 0 fully saturated rings. The zero-order valence-corrected chi connectivity index (χ0v) is 14.2. The fraction of sp³-hybridized carbons (Fsp3) is 0.250. The molecule has 0 aliphatic heterocycles. The number of aromatic nitrogens is 5. The lowest BCUT2D eigenvalue weighted by Crippen LogP contribution is -2.07. The maximum atomic E-state index is 5.79. The van der Waals surface area contributed by atoms with E-state index in [1.54, 1.807) is 11.8 Å². The third-order valence-electron chi connectivity index (χ3n) is 3.19. The summed E-state index contributed by atoms with van der Waals surface area (Å²) in [6, 6.07) is 9.73. The molecule has 0 saturated carbocycles. The van der Waals surface area contributed by atoms with Crippen LogP contribution in [0.4, 0.5) is 17.6 Å². The van der Waals surface area contributed by atoms with Gasteiger partial charge in [0.2, 0.25) is 11.9 Å². The number of nitrogens with one attached hydrogen (secondary N) is 1. The Morgan fingerprint density at radius 2 is 2.00 bits per heavy atom. The zero-order valence-electron chi connectivity index (χ0n) is 13.4. The summed E-state index contributed by atoms with van der Waals surface area (Å²) < 4.78 is 1.94. The number of hydrogen-bond donors (Lipinski definition) is 2. The number of thioether (sulfide) groups is 1. The van der Waals surface area contributed by atoms with Crippen molar-refractivity contribution in [2.45, 2.75) is 19.2 Å². The number of aryl methyl sites for hydroxylation is 2. The molecule has 124 valence electrons. The van der Waals surface area contributed by atoms with Gasteiger partial charge in [-0.2, -0.15) is 31.8 Å². The molecule has 7 nitrogen and oxygen atoms in total. The molecule has 0 unspecified atom stereocenters. The number of nitrogens with two attached hydrogens (primary N) is 1. The fourth-order valence-corrected chi connectivity index (χ4v) is 2.89. The first kappa shape index (κ1) is 16.3. The van der Waals surface area contributed by atoms with Gasteiger partial charge in [0.1, 0.15) is 5.82 Å². The van der Waals surface area contributed by atoms with Gasteiger partial charge in [0.05, 0.1) is 11.9 Å². The highest BCUT2D eigenvalue weighted by atomic mass is 32.2. The molecular weight excluding hydrogens is 322 g/mol. The maximum Gasteiger partial charge on any atom is 0.232 e. The molecule has 2 aromatic heterocycles. The van der Waals surface area contributed by atoms with E-state index in [1.807, 2.05) is 54.3 Å². The molecule has 3 N–H and O–H groups in total. The highest BCUT2D eigenvalue weighted by Crippen LogP contribution is 2.15. The predicted octanol–water partition coefficient (Wildman–Crippen LogP) is 2.64. The van der Waals surface area contributed by atoms with Crippen molar-refractivity contribution in [3.05, 3.63) is 54.1 Å². The van der Waals surface area contributed by atoms with Gasteiger partial charge in [-0.05, 0) is 24.6 Å². The summed E-state index contributed by atoms with van der Waals surface area (Å²) >= 11 is 1.74. The predicted molar refractivity (Wildman–Crippen MR) is 97.1 cm³/mol. The van der Waals surface area contributed by atoms with Crippen molar-refractivity contribution in [3.8, 4) is 0 Å². The van der Waals surface area contributed by atoms with Crippen LogP contribution in [0, 0.1) is 6.92 Å². The molecule has 8 heteroatoms. The van der Waals surface area contributed by atoms with Gasteiger partial charge in [-0.3, -0.25) is 4.68 Å². The molecule has 1 aromatic carbocycles. The first-order valence-electron chi connectivity index (χ1n) is 7.58. The van der Waals surface area contributed by atoms with Crippen molar-refractivity contribution in [2.75, 3.05) is 16.8 Å². The van der Waals surface area contributed by atoms with E-state index >= 15 is 0 Å². The Morgan fingerprint density at radius 3 is 2.75 bits per heavy atom. The summed E-state index contributed by atoms with van der Waals surface area (Å²) in [6.45, 7) is 2.89. The second-order valence-corrected chi connectivity index (χ2v) is 6.36. The molecule has 0 bridgehead atoms. The maximum absolute atomic E-state index is 5.79. The second kappa shape index (κ2) is 7.78. The van der Waals surface area contributed by atoms with E-state index < -0.39 is 0 Å². The van der Waals surface area contributed by atoms with Gasteiger partial charge in [-0.1, -0.05) is 18.2 Å². The quantitative estimate of drug-likeness (QED) is 0.638. The minimum atomic E-state index is 0.224. The molecule has 3 aromatic rings. The van der Waals surface area contributed by atoms with Crippen molar-refractivity contribution in [2.24, 2.45) is 0 Å². The summed E-state index contributed by atoms with van der Waals surface area (Å²) in [4.78, 5) is 12.7. The van der Waals surface area contributed by atoms with E-state index in [-0.39, 0.29) is 5.95 Å². The van der Waals surface area contributed by atoms with Crippen LogP contribution in [0.2, 0.25) is 0 Å². The van der Waals surface area contributed by atoms with Crippen LogP contribution in [0.25, 0.3) is 0 Å². The highest BCUT2D eigenvalue weighted by molar-refractivity contribution is 7.98. The summed E-state index contributed by atoms with van der Waals surface area (Å²) in [5.41, 5.74) is 7.87. The number of hydrogen-bond acceptors (Lipinski definition) is 7. The molecule has 2 heterocycles. The van der Waals surface area contributed by atoms with Crippen LogP contribution in [0.5, 0.6) is 0 Å². The van der Waals surface area contributed by atoms with Gasteiger partial charge >= 0.3 is 0 Å². The molecule has 0 aliphatic rings. The van der Waals surface area contributed by atoms with Gasteiger partial charge in [-0.25, -0.2) is 0 Å². The van der Waals surface area contributed by atoms with Crippen molar-refractivity contribution < 1.29 is 0 Å². The lowest BCUT2D eigenvalue weighted by atomic mass is 10.3. The average Bonchev–Trinajstić information content (AvgIpc) is 2.97. The van der Waals surface area contributed by atoms with E-state index in [4.69, 9.17) is 5.73 Å². The van der Waals surface area contributed by atoms with Crippen molar-refractivity contribution in [1.82, 2.24) is 24.7 Å². The molecule has 0 amide bonds. The van der Waals surface area contributed by atoms with Crippen LogP contribution < -0.4 is 11.1 Å². The minimum absolute atomic E-state index is 0.224. The molecule has 0 aliphatic carbocycles. The molecule has 0 radical (unpaired) electrons. The third kappa shape index (κ3) is 4.69. The summed E-state index contributed by atoms with van der Waals surface area (Å²) in [5.74, 6) is 2.96. The Hall–Kier alpha value is -2.61. The first-order valence-corrected chi connectivity index (χ1v) is 8.74. The number of nitrogens with zero attached hydrogens (tertiary/aromatic N) is 5. The Labute approximate surface area is 144 Å². The molecule has 0 spiro atoms. The zero-order chi connectivity index (χ0) is 16.8. The SMILES string of the molecule is Cc1cnn(CCSCc2nc(N)nc(Nc3ccccc3)n2)c1. The van der Waals surface area contributed by atoms with Crippen LogP contribution in [-0.2, 0) is 12.3 Å². The van der Waals surface area contributed by atoms with E-state index in [0.29, 0.717) is 17.5 Å². The van der Waals surface area contributed by atoms with Crippen molar-refractivity contribution in [1.29, 1.82) is 0 Å². The van der Waals surface area contributed by atoms with Crippen molar-refractivity contribution in [3.63, 3.8) is 0 Å². The molecular formula is C16H19N7S. The van der Waals surface area contributed by atoms with Gasteiger partial charge < -0.3 is 11.1 Å². The number of rotatable bonds is 7. The summed E-state index contributed by atoms with van der Waals surface area (Å²) in [5, 5.41) is 7.41. The number of para-hydroxylation sites is 1.